The quantitative estimate of drug-likeness (QED) is 0.658. The van der Waals surface area contributed by atoms with Crippen LogP contribution in [-0.4, -0.2) is 24.4 Å². The van der Waals surface area contributed by atoms with Gasteiger partial charge in [-0.3, -0.25) is 9.59 Å². The standard InChI is InChI=1S/C25H25N3O2/c1-18-15-20-11-5-8-14-23(20)28(18)24(29)17-26-22-13-7-6-12-21(22)25(30)27-16-19-9-3-2-4-10-19/h2-14,18,26H,15-17H2,1H3,(H,27,30). The van der Waals surface area contributed by atoms with Gasteiger partial charge in [0.25, 0.3) is 5.91 Å². The smallest absolute Gasteiger partial charge is 0.253 e. The first-order valence-electron chi connectivity index (χ1n) is 10.2. The van der Waals surface area contributed by atoms with E-state index in [9.17, 15) is 9.59 Å². The fourth-order valence-electron chi connectivity index (χ4n) is 3.91. The topological polar surface area (TPSA) is 61.4 Å². The van der Waals surface area contributed by atoms with Gasteiger partial charge in [0.1, 0.15) is 0 Å². The lowest BCUT2D eigenvalue weighted by molar-refractivity contribution is -0.117. The molecule has 5 heteroatoms. The minimum Gasteiger partial charge on any atom is -0.375 e. The number of hydrogen-bond donors (Lipinski definition) is 2. The van der Waals surface area contributed by atoms with Crippen molar-refractivity contribution in [2.24, 2.45) is 0 Å². The van der Waals surface area contributed by atoms with E-state index in [2.05, 4.69) is 23.6 Å². The van der Waals surface area contributed by atoms with Crippen LogP contribution in [0.4, 0.5) is 11.4 Å². The largest absolute Gasteiger partial charge is 0.375 e. The molecule has 0 aromatic heterocycles. The Hall–Kier alpha value is -3.60. The molecule has 3 aromatic rings. The molecule has 1 atom stereocenters. The summed E-state index contributed by atoms with van der Waals surface area (Å²) in [6, 6.07) is 25.2. The summed E-state index contributed by atoms with van der Waals surface area (Å²) in [6.07, 6.45) is 0.862. The Morgan fingerprint density at radius 2 is 1.63 bits per heavy atom. The van der Waals surface area contributed by atoms with Crippen molar-refractivity contribution >= 4 is 23.2 Å². The number of amides is 2. The minimum absolute atomic E-state index is 0.00746. The number of fused-ring (bicyclic) bond motifs is 1. The lowest BCUT2D eigenvalue weighted by atomic mass is 10.1. The molecule has 0 fully saturated rings. The van der Waals surface area contributed by atoms with E-state index < -0.39 is 0 Å². The number of rotatable bonds is 6. The zero-order valence-electron chi connectivity index (χ0n) is 17.0. The van der Waals surface area contributed by atoms with Crippen LogP contribution in [0.15, 0.2) is 78.9 Å². The van der Waals surface area contributed by atoms with Gasteiger partial charge in [-0.1, -0.05) is 60.7 Å². The van der Waals surface area contributed by atoms with E-state index in [4.69, 9.17) is 0 Å². The summed E-state index contributed by atoms with van der Waals surface area (Å²) in [4.78, 5) is 27.5. The first-order chi connectivity index (χ1) is 14.6. The van der Waals surface area contributed by atoms with Crippen LogP contribution in [-0.2, 0) is 17.8 Å². The second kappa shape index (κ2) is 8.82. The van der Waals surface area contributed by atoms with Gasteiger partial charge in [-0.05, 0) is 42.7 Å². The summed E-state index contributed by atoms with van der Waals surface area (Å²) in [5, 5.41) is 6.11. The highest BCUT2D eigenvalue weighted by atomic mass is 16.2. The van der Waals surface area contributed by atoms with Crippen LogP contribution < -0.4 is 15.5 Å². The van der Waals surface area contributed by atoms with E-state index in [1.807, 2.05) is 71.6 Å². The molecule has 1 heterocycles. The minimum atomic E-state index is -0.172. The summed E-state index contributed by atoms with van der Waals surface area (Å²) < 4.78 is 0. The molecule has 0 spiro atoms. The van der Waals surface area contributed by atoms with E-state index in [1.54, 1.807) is 6.07 Å². The summed E-state index contributed by atoms with van der Waals surface area (Å²) in [5.41, 5.74) is 4.38. The highest BCUT2D eigenvalue weighted by Gasteiger charge is 2.30. The molecular formula is C25H25N3O2. The van der Waals surface area contributed by atoms with Crippen molar-refractivity contribution in [3.05, 3.63) is 95.6 Å². The monoisotopic (exact) mass is 399 g/mol. The van der Waals surface area contributed by atoms with Gasteiger partial charge in [0.2, 0.25) is 5.91 Å². The Morgan fingerprint density at radius 3 is 2.47 bits per heavy atom. The maximum Gasteiger partial charge on any atom is 0.253 e. The zero-order chi connectivity index (χ0) is 20.9. The highest BCUT2D eigenvalue weighted by Crippen LogP contribution is 2.31. The summed E-state index contributed by atoms with van der Waals surface area (Å²) in [6.45, 7) is 2.64. The van der Waals surface area contributed by atoms with Crippen LogP contribution in [0.5, 0.6) is 0 Å². The Balaban J connectivity index is 1.42. The summed E-state index contributed by atoms with van der Waals surface area (Å²) in [7, 11) is 0. The number of benzene rings is 3. The van der Waals surface area contributed by atoms with E-state index in [0.717, 1.165) is 17.7 Å². The lowest BCUT2D eigenvalue weighted by Gasteiger charge is -2.23. The number of nitrogens with zero attached hydrogens (tertiary/aromatic N) is 1. The number of para-hydroxylation sites is 2. The number of anilines is 2. The third kappa shape index (κ3) is 4.20. The molecule has 3 aromatic carbocycles. The van der Waals surface area contributed by atoms with Crippen molar-refractivity contribution in [1.29, 1.82) is 0 Å². The Bertz CT molecular complexity index is 1050. The molecule has 0 aliphatic carbocycles. The van der Waals surface area contributed by atoms with Crippen molar-refractivity contribution in [3.8, 4) is 0 Å². The highest BCUT2D eigenvalue weighted by molar-refractivity contribution is 6.02. The molecule has 2 amide bonds. The molecule has 2 N–H and O–H groups in total. The van der Waals surface area contributed by atoms with E-state index in [0.29, 0.717) is 17.8 Å². The number of hydrogen-bond acceptors (Lipinski definition) is 3. The van der Waals surface area contributed by atoms with Gasteiger partial charge in [-0.15, -0.1) is 0 Å². The average molecular weight is 399 g/mol. The molecular weight excluding hydrogens is 374 g/mol. The second-order valence-electron chi connectivity index (χ2n) is 7.51. The molecule has 5 nitrogen and oxygen atoms in total. The SMILES string of the molecule is CC1Cc2ccccc2N1C(=O)CNc1ccccc1C(=O)NCc1ccccc1. The first kappa shape index (κ1) is 19.7. The second-order valence-corrected chi connectivity index (χ2v) is 7.51. The normalized spacial score (nSPS) is 14.8. The number of carbonyl (C=O) groups excluding carboxylic acids is 2. The van der Waals surface area contributed by atoms with Gasteiger partial charge in [0.15, 0.2) is 0 Å². The van der Waals surface area contributed by atoms with E-state index in [1.165, 1.54) is 5.56 Å². The molecule has 4 rings (SSSR count). The van der Waals surface area contributed by atoms with Gasteiger partial charge in [-0.25, -0.2) is 0 Å². The van der Waals surface area contributed by atoms with Crippen molar-refractivity contribution in [2.45, 2.75) is 25.9 Å². The fraction of sp³-hybridized carbons (Fsp3) is 0.200. The van der Waals surface area contributed by atoms with E-state index >= 15 is 0 Å². The number of nitrogens with one attached hydrogen (secondary N) is 2. The van der Waals surface area contributed by atoms with Gasteiger partial charge >= 0.3 is 0 Å². The summed E-state index contributed by atoms with van der Waals surface area (Å²) >= 11 is 0. The van der Waals surface area contributed by atoms with Crippen molar-refractivity contribution in [2.75, 3.05) is 16.8 Å². The molecule has 1 aliphatic rings. The molecule has 1 unspecified atom stereocenters. The van der Waals surface area contributed by atoms with Crippen LogP contribution in [0.2, 0.25) is 0 Å². The van der Waals surface area contributed by atoms with Crippen LogP contribution in [0.1, 0.15) is 28.4 Å². The van der Waals surface area contributed by atoms with Gasteiger partial charge < -0.3 is 15.5 Å². The van der Waals surface area contributed by atoms with Crippen LogP contribution >= 0.6 is 0 Å². The van der Waals surface area contributed by atoms with E-state index in [-0.39, 0.29) is 24.4 Å². The number of carbonyl (C=O) groups is 2. The van der Waals surface area contributed by atoms with Crippen molar-refractivity contribution in [3.63, 3.8) is 0 Å². The van der Waals surface area contributed by atoms with Gasteiger partial charge in [0, 0.05) is 24.0 Å². The molecule has 0 saturated heterocycles. The average Bonchev–Trinajstić information content (AvgIpc) is 3.12. The van der Waals surface area contributed by atoms with Crippen LogP contribution in [0, 0.1) is 0 Å². The Kier molecular flexibility index (Phi) is 5.80. The van der Waals surface area contributed by atoms with Gasteiger partial charge in [-0.2, -0.15) is 0 Å². The predicted molar refractivity (Wildman–Crippen MR) is 120 cm³/mol. The molecule has 1 aliphatic heterocycles. The molecule has 30 heavy (non-hydrogen) atoms. The third-order valence-corrected chi connectivity index (χ3v) is 5.37. The molecule has 0 saturated carbocycles. The predicted octanol–water partition coefficient (Wildman–Crippen LogP) is 4.01. The van der Waals surface area contributed by atoms with Gasteiger partial charge in [0.05, 0.1) is 12.1 Å². The molecule has 0 radical (unpaired) electrons. The molecule has 0 bridgehead atoms. The molecule has 152 valence electrons. The van der Waals surface area contributed by atoms with Crippen LogP contribution in [0.25, 0.3) is 0 Å². The fourth-order valence-corrected chi connectivity index (χ4v) is 3.91. The maximum absolute atomic E-state index is 12.9. The Labute approximate surface area is 176 Å². The zero-order valence-corrected chi connectivity index (χ0v) is 17.0. The van der Waals surface area contributed by atoms with Crippen LogP contribution in [0.3, 0.4) is 0 Å². The lowest BCUT2D eigenvalue weighted by Crippen LogP contribution is -2.39. The Morgan fingerprint density at radius 1 is 0.933 bits per heavy atom. The third-order valence-electron chi connectivity index (χ3n) is 5.37. The maximum atomic E-state index is 12.9. The van der Waals surface area contributed by atoms with Crippen molar-refractivity contribution < 1.29 is 9.59 Å². The van der Waals surface area contributed by atoms with Crippen molar-refractivity contribution in [1.82, 2.24) is 5.32 Å². The summed E-state index contributed by atoms with van der Waals surface area (Å²) in [5.74, 6) is -0.179. The first-order valence-corrected chi connectivity index (χ1v) is 10.2.